The van der Waals surface area contributed by atoms with E-state index >= 15 is 0 Å². The van der Waals surface area contributed by atoms with E-state index < -0.39 is 6.03 Å². The van der Waals surface area contributed by atoms with Crippen LogP contribution in [0.1, 0.15) is 44.1 Å². The quantitative estimate of drug-likeness (QED) is 0.897. The van der Waals surface area contributed by atoms with Gasteiger partial charge in [0, 0.05) is 24.5 Å². The molecule has 1 aliphatic heterocycles. The summed E-state index contributed by atoms with van der Waals surface area (Å²) < 4.78 is 13.4. The van der Waals surface area contributed by atoms with E-state index in [2.05, 4.69) is 5.32 Å². The minimum absolute atomic E-state index is 0.0878. The topological polar surface area (TPSA) is 75.4 Å². The smallest absolute Gasteiger partial charge is 0.312 e. The van der Waals surface area contributed by atoms with Crippen molar-refractivity contribution in [3.05, 3.63) is 35.6 Å². The summed E-state index contributed by atoms with van der Waals surface area (Å²) in [5.74, 6) is -0.145. The maximum Gasteiger partial charge on any atom is 0.312 e. The monoisotopic (exact) mass is 319 g/mol. The second kappa shape index (κ2) is 6.18. The number of nitrogens with two attached hydrogens (primary N) is 1. The summed E-state index contributed by atoms with van der Waals surface area (Å²) >= 11 is 0. The lowest BCUT2D eigenvalue weighted by Crippen LogP contribution is -2.51. The van der Waals surface area contributed by atoms with Crippen LogP contribution in [0, 0.1) is 5.82 Å². The molecule has 124 valence electrons. The third-order valence-electron chi connectivity index (χ3n) is 5.17. The summed E-state index contributed by atoms with van der Waals surface area (Å²) in [5, 5.41) is 2.76. The Labute approximate surface area is 135 Å². The Bertz CT molecular complexity index is 612. The molecule has 3 amide bonds. The molecule has 1 saturated heterocycles. The number of primary amides is 1. The predicted molar refractivity (Wildman–Crippen MR) is 83.9 cm³/mol. The lowest BCUT2D eigenvalue weighted by Gasteiger charge is -2.44. The van der Waals surface area contributed by atoms with Gasteiger partial charge in [0.25, 0.3) is 0 Å². The molecule has 23 heavy (non-hydrogen) atoms. The lowest BCUT2D eigenvalue weighted by atomic mass is 9.77. The molecule has 1 aromatic rings. The van der Waals surface area contributed by atoms with Crippen LogP contribution in [0.15, 0.2) is 24.3 Å². The highest BCUT2D eigenvalue weighted by Crippen LogP contribution is 2.43. The SMILES string of the molecule is NC(=O)NC1CCC2(CCC(=O)N2Cc2cccc(F)c2)CC1. The summed E-state index contributed by atoms with van der Waals surface area (Å²) in [6.07, 6.45) is 4.71. The van der Waals surface area contributed by atoms with E-state index in [-0.39, 0.29) is 23.3 Å². The number of nitrogens with one attached hydrogen (secondary N) is 1. The highest BCUT2D eigenvalue weighted by Gasteiger charge is 2.47. The molecule has 1 saturated carbocycles. The molecule has 0 bridgehead atoms. The molecule has 1 spiro atoms. The van der Waals surface area contributed by atoms with E-state index in [0.717, 1.165) is 37.7 Å². The zero-order valence-corrected chi connectivity index (χ0v) is 13.1. The average molecular weight is 319 g/mol. The van der Waals surface area contributed by atoms with E-state index in [1.54, 1.807) is 6.07 Å². The molecule has 0 aromatic heterocycles. The highest BCUT2D eigenvalue weighted by molar-refractivity contribution is 5.79. The summed E-state index contributed by atoms with van der Waals surface area (Å²) in [4.78, 5) is 25.2. The van der Waals surface area contributed by atoms with Crippen molar-refractivity contribution in [2.24, 2.45) is 5.73 Å². The maximum absolute atomic E-state index is 13.4. The average Bonchev–Trinajstić information content (AvgIpc) is 2.79. The minimum atomic E-state index is -0.495. The number of hydrogen-bond donors (Lipinski definition) is 2. The first-order valence-corrected chi connectivity index (χ1v) is 8.09. The zero-order valence-electron chi connectivity index (χ0n) is 13.1. The molecule has 5 nitrogen and oxygen atoms in total. The van der Waals surface area contributed by atoms with Crippen LogP contribution in [0.5, 0.6) is 0 Å². The molecule has 6 heteroatoms. The largest absolute Gasteiger partial charge is 0.352 e. The van der Waals surface area contributed by atoms with Crippen LogP contribution in [0.3, 0.4) is 0 Å². The highest BCUT2D eigenvalue weighted by atomic mass is 19.1. The van der Waals surface area contributed by atoms with Crippen LogP contribution in [-0.2, 0) is 11.3 Å². The molecule has 2 fully saturated rings. The second-order valence-electron chi connectivity index (χ2n) is 6.62. The van der Waals surface area contributed by atoms with Crippen molar-refractivity contribution in [1.29, 1.82) is 0 Å². The molecule has 0 unspecified atom stereocenters. The number of rotatable bonds is 3. The van der Waals surface area contributed by atoms with E-state index in [1.807, 2.05) is 11.0 Å². The van der Waals surface area contributed by atoms with Gasteiger partial charge in [0.1, 0.15) is 5.82 Å². The number of carbonyl (C=O) groups excluding carboxylic acids is 2. The molecule has 1 aromatic carbocycles. The van der Waals surface area contributed by atoms with Gasteiger partial charge >= 0.3 is 6.03 Å². The van der Waals surface area contributed by atoms with Crippen LogP contribution in [0.2, 0.25) is 0 Å². The number of hydrogen-bond acceptors (Lipinski definition) is 2. The Balaban J connectivity index is 1.71. The van der Waals surface area contributed by atoms with Crippen LogP contribution < -0.4 is 11.1 Å². The molecular weight excluding hydrogens is 297 g/mol. The number of amides is 3. The van der Waals surface area contributed by atoms with Crippen LogP contribution >= 0.6 is 0 Å². The van der Waals surface area contributed by atoms with Crippen molar-refractivity contribution in [2.45, 2.75) is 56.7 Å². The van der Waals surface area contributed by atoms with Gasteiger partial charge in [0.15, 0.2) is 0 Å². The van der Waals surface area contributed by atoms with Crippen molar-refractivity contribution < 1.29 is 14.0 Å². The van der Waals surface area contributed by atoms with Crippen molar-refractivity contribution in [3.8, 4) is 0 Å². The van der Waals surface area contributed by atoms with E-state index in [4.69, 9.17) is 5.73 Å². The van der Waals surface area contributed by atoms with Gasteiger partial charge in [-0.3, -0.25) is 4.79 Å². The second-order valence-corrected chi connectivity index (χ2v) is 6.62. The standard InChI is InChI=1S/C17H22FN3O2/c18-13-3-1-2-12(10-13)11-21-15(22)6-9-17(21)7-4-14(5-8-17)20-16(19)23/h1-3,10,14H,4-9,11H2,(H3,19,20,23). The van der Waals surface area contributed by atoms with Crippen molar-refractivity contribution in [3.63, 3.8) is 0 Å². The fraction of sp³-hybridized carbons (Fsp3) is 0.529. The van der Waals surface area contributed by atoms with Crippen LogP contribution in [-0.4, -0.2) is 28.4 Å². The Morgan fingerprint density at radius 1 is 1.35 bits per heavy atom. The van der Waals surface area contributed by atoms with E-state index in [0.29, 0.717) is 13.0 Å². The molecule has 0 radical (unpaired) electrons. The van der Waals surface area contributed by atoms with Gasteiger partial charge in [-0.2, -0.15) is 0 Å². The van der Waals surface area contributed by atoms with Crippen molar-refractivity contribution in [1.82, 2.24) is 10.2 Å². The Morgan fingerprint density at radius 2 is 2.09 bits per heavy atom. The third kappa shape index (κ3) is 3.30. The van der Waals surface area contributed by atoms with E-state index in [1.165, 1.54) is 12.1 Å². The fourth-order valence-electron chi connectivity index (χ4n) is 3.97. The summed E-state index contributed by atoms with van der Waals surface area (Å²) in [7, 11) is 0. The minimum Gasteiger partial charge on any atom is -0.352 e. The van der Waals surface area contributed by atoms with Gasteiger partial charge in [-0.15, -0.1) is 0 Å². The van der Waals surface area contributed by atoms with Crippen molar-refractivity contribution in [2.75, 3.05) is 0 Å². The maximum atomic E-state index is 13.4. The van der Waals surface area contributed by atoms with Crippen LogP contribution in [0.4, 0.5) is 9.18 Å². The van der Waals surface area contributed by atoms with Gasteiger partial charge in [0.2, 0.25) is 5.91 Å². The molecule has 3 rings (SSSR count). The number of carbonyl (C=O) groups is 2. The first kappa shape index (κ1) is 15.8. The van der Waals surface area contributed by atoms with E-state index in [9.17, 15) is 14.0 Å². The van der Waals surface area contributed by atoms with Gasteiger partial charge in [-0.05, 0) is 49.8 Å². The third-order valence-corrected chi connectivity index (χ3v) is 5.17. The fourth-order valence-corrected chi connectivity index (χ4v) is 3.97. The predicted octanol–water partition coefficient (Wildman–Crippen LogP) is 2.30. The lowest BCUT2D eigenvalue weighted by molar-refractivity contribution is -0.133. The number of benzene rings is 1. The number of nitrogens with zero attached hydrogens (tertiary/aromatic N) is 1. The first-order valence-electron chi connectivity index (χ1n) is 8.09. The summed E-state index contributed by atoms with van der Waals surface area (Å²) in [6.45, 7) is 0.449. The van der Waals surface area contributed by atoms with Gasteiger partial charge < -0.3 is 16.0 Å². The molecule has 2 aliphatic rings. The zero-order chi connectivity index (χ0) is 16.4. The van der Waals surface area contributed by atoms with Gasteiger partial charge in [-0.1, -0.05) is 12.1 Å². The number of urea groups is 1. The molecule has 0 atom stereocenters. The Kier molecular flexibility index (Phi) is 4.24. The van der Waals surface area contributed by atoms with Gasteiger partial charge in [-0.25, -0.2) is 9.18 Å². The molecular formula is C17H22FN3O2. The normalized spacial score (nSPS) is 27.4. The molecule has 1 aliphatic carbocycles. The molecule has 3 N–H and O–H groups in total. The van der Waals surface area contributed by atoms with Crippen molar-refractivity contribution >= 4 is 11.9 Å². The summed E-state index contributed by atoms with van der Waals surface area (Å²) in [5.41, 5.74) is 5.85. The summed E-state index contributed by atoms with van der Waals surface area (Å²) in [6, 6.07) is 6.01. The van der Waals surface area contributed by atoms with Crippen LogP contribution in [0.25, 0.3) is 0 Å². The number of halogens is 1. The Hall–Kier alpha value is -2.11. The Morgan fingerprint density at radius 3 is 2.74 bits per heavy atom. The first-order chi connectivity index (χ1) is 11.0. The van der Waals surface area contributed by atoms with Gasteiger partial charge in [0.05, 0.1) is 0 Å². The number of likely N-dealkylation sites (tertiary alicyclic amines) is 1. The molecule has 1 heterocycles.